The van der Waals surface area contributed by atoms with Crippen LogP contribution in [0.2, 0.25) is 0 Å². The van der Waals surface area contributed by atoms with Gasteiger partial charge in [0.2, 0.25) is 0 Å². The lowest BCUT2D eigenvalue weighted by Crippen LogP contribution is -2.20. The summed E-state index contributed by atoms with van der Waals surface area (Å²) in [6.07, 6.45) is 6.84. The second-order valence-corrected chi connectivity index (χ2v) is 7.40. The van der Waals surface area contributed by atoms with E-state index in [9.17, 15) is 0 Å². The molecule has 1 aromatic carbocycles. The molecule has 1 aliphatic carbocycles. The molecule has 20 heavy (non-hydrogen) atoms. The van der Waals surface area contributed by atoms with Gasteiger partial charge < -0.3 is 5.32 Å². The van der Waals surface area contributed by atoms with Crippen molar-refractivity contribution >= 4 is 22.6 Å². The Hall–Kier alpha value is -1.48. The minimum Gasteiger partial charge on any atom is -0.335 e. The Bertz CT molecular complexity index is 579. The molecule has 0 saturated carbocycles. The molecule has 0 spiro atoms. The van der Waals surface area contributed by atoms with Crippen LogP contribution in [-0.4, -0.2) is 16.5 Å². The van der Waals surface area contributed by atoms with Crippen LogP contribution >= 0.6 is 11.8 Å². The van der Waals surface area contributed by atoms with Gasteiger partial charge >= 0.3 is 0 Å². The highest BCUT2D eigenvalue weighted by molar-refractivity contribution is 8.15. The highest BCUT2D eigenvalue weighted by atomic mass is 32.2. The van der Waals surface area contributed by atoms with Crippen LogP contribution in [0.15, 0.2) is 59.1 Å². The minimum absolute atomic E-state index is 0.206. The summed E-state index contributed by atoms with van der Waals surface area (Å²) in [5, 5.41) is 4.85. The van der Waals surface area contributed by atoms with Crippen molar-refractivity contribution < 1.29 is 0 Å². The molecule has 1 aliphatic heterocycles. The lowest BCUT2D eigenvalue weighted by Gasteiger charge is -2.25. The summed E-state index contributed by atoms with van der Waals surface area (Å²) >= 11 is 1.82. The first-order valence-electron chi connectivity index (χ1n) is 6.99. The number of hydrogen-bond donors (Lipinski definition) is 1. The number of nitrogens with zero attached hydrogens (tertiary/aromatic N) is 1. The van der Waals surface area contributed by atoms with E-state index in [1.54, 1.807) is 0 Å². The van der Waals surface area contributed by atoms with Crippen LogP contribution in [0.3, 0.4) is 0 Å². The summed E-state index contributed by atoms with van der Waals surface area (Å²) in [5.41, 5.74) is 2.71. The molecule has 0 fully saturated rings. The molecule has 2 unspecified atom stereocenters. The fourth-order valence-corrected chi connectivity index (χ4v) is 3.49. The van der Waals surface area contributed by atoms with E-state index in [-0.39, 0.29) is 11.5 Å². The molecule has 3 rings (SSSR count). The van der Waals surface area contributed by atoms with Crippen molar-refractivity contribution in [1.29, 1.82) is 0 Å². The highest BCUT2D eigenvalue weighted by Gasteiger charge is 2.31. The Morgan fingerprint density at radius 3 is 2.60 bits per heavy atom. The largest absolute Gasteiger partial charge is 0.335 e. The summed E-state index contributed by atoms with van der Waals surface area (Å²) in [4.78, 5) is 4.76. The fourth-order valence-electron chi connectivity index (χ4n) is 2.36. The summed E-state index contributed by atoms with van der Waals surface area (Å²) in [5.74, 6) is 0. The molecule has 0 saturated heterocycles. The summed E-state index contributed by atoms with van der Waals surface area (Å²) in [6, 6.07) is 10.5. The third-order valence-corrected chi connectivity index (χ3v) is 4.68. The molecule has 104 valence electrons. The minimum atomic E-state index is 0.206. The second-order valence-electron chi connectivity index (χ2n) is 6.23. The number of benzene rings is 1. The summed E-state index contributed by atoms with van der Waals surface area (Å²) in [6.45, 7) is 6.77. The summed E-state index contributed by atoms with van der Waals surface area (Å²) < 4.78 is 0. The van der Waals surface area contributed by atoms with Crippen molar-refractivity contribution in [2.45, 2.75) is 32.1 Å². The third kappa shape index (κ3) is 2.83. The Morgan fingerprint density at radius 2 is 1.90 bits per heavy atom. The molecular weight excluding hydrogens is 264 g/mol. The number of hydrogen-bond acceptors (Lipinski definition) is 3. The standard InChI is InChI=1S/C17H20N2S/c1-17(2,3)12-9-10-14-15(11-12)20-16(19-14)18-13-7-5-4-6-8-13/h4-11,14-15H,1-3H3,(H,18,19). The molecule has 1 aromatic rings. The van der Waals surface area contributed by atoms with Gasteiger partial charge in [-0.1, -0.05) is 69.0 Å². The molecule has 0 aromatic heterocycles. The van der Waals surface area contributed by atoms with Gasteiger partial charge in [-0.3, -0.25) is 4.99 Å². The van der Waals surface area contributed by atoms with Gasteiger partial charge in [-0.15, -0.1) is 0 Å². The molecular formula is C17H20N2S. The van der Waals surface area contributed by atoms with Crippen molar-refractivity contribution in [2.75, 3.05) is 5.32 Å². The van der Waals surface area contributed by atoms with Crippen molar-refractivity contribution in [2.24, 2.45) is 10.4 Å². The van der Waals surface area contributed by atoms with E-state index in [2.05, 4.69) is 56.4 Å². The van der Waals surface area contributed by atoms with Gasteiger partial charge in [-0.2, -0.15) is 0 Å². The van der Waals surface area contributed by atoms with Crippen molar-refractivity contribution in [3.63, 3.8) is 0 Å². The van der Waals surface area contributed by atoms with Crippen LogP contribution < -0.4 is 5.32 Å². The number of fused-ring (bicyclic) bond motifs is 1. The third-order valence-electron chi connectivity index (χ3n) is 3.56. The van der Waals surface area contributed by atoms with E-state index >= 15 is 0 Å². The Kier molecular flexibility index (Phi) is 3.47. The van der Waals surface area contributed by atoms with E-state index in [1.165, 1.54) is 5.57 Å². The number of para-hydroxylation sites is 1. The number of aliphatic imine (C=N–C) groups is 1. The van der Waals surface area contributed by atoms with E-state index in [1.807, 2.05) is 30.0 Å². The first-order chi connectivity index (χ1) is 9.52. The maximum atomic E-state index is 4.76. The molecule has 1 heterocycles. The zero-order chi connectivity index (χ0) is 14.2. The van der Waals surface area contributed by atoms with Gasteiger partial charge in [0, 0.05) is 5.69 Å². The maximum Gasteiger partial charge on any atom is 0.162 e. The van der Waals surface area contributed by atoms with Gasteiger partial charge in [-0.05, 0) is 23.1 Å². The molecule has 0 radical (unpaired) electrons. The van der Waals surface area contributed by atoms with Crippen LogP contribution in [0.1, 0.15) is 20.8 Å². The Morgan fingerprint density at radius 1 is 1.15 bits per heavy atom. The van der Waals surface area contributed by atoms with Crippen LogP contribution in [0.5, 0.6) is 0 Å². The van der Waals surface area contributed by atoms with Crippen molar-refractivity contribution in [3.05, 3.63) is 54.1 Å². The number of rotatable bonds is 1. The van der Waals surface area contributed by atoms with E-state index in [0.717, 1.165) is 10.9 Å². The number of anilines is 1. The van der Waals surface area contributed by atoms with E-state index < -0.39 is 0 Å². The predicted molar refractivity (Wildman–Crippen MR) is 89.3 cm³/mol. The smallest absolute Gasteiger partial charge is 0.162 e. The second kappa shape index (κ2) is 5.13. The van der Waals surface area contributed by atoms with Crippen molar-refractivity contribution in [1.82, 2.24) is 0 Å². The molecule has 2 nitrogen and oxygen atoms in total. The van der Waals surface area contributed by atoms with Crippen molar-refractivity contribution in [3.8, 4) is 0 Å². The first kappa shape index (κ1) is 13.5. The normalized spacial score (nSPS) is 24.9. The van der Waals surface area contributed by atoms with Gasteiger partial charge in [0.1, 0.15) is 0 Å². The zero-order valence-corrected chi connectivity index (χ0v) is 12.9. The molecule has 0 bridgehead atoms. The van der Waals surface area contributed by atoms with Crippen LogP contribution in [0, 0.1) is 5.41 Å². The monoisotopic (exact) mass is 284 g/mol. The lowest BCUT2D eigenvalue weighted by molar-refractivity contribution is 0.511. The van der Waals surface area contributed by atoms with E-state index in [4.69, 9.17) is 4.99 Å². The molecule has 3 heteroatoms. The molecule has 1 N–H and O–H groups in total. The maximum absolute atomic E-state index is 4.76. The summed E-state index contributed by atoms with van der Waals surface area (Å²) in [7, 11) is 0. The zero-order valence-electron chi connectivity index (χ0n) is 12.1. The SMILES string of the molecule is CC(C)(C)C1=CC2SC(Nc3ccccc3)=NC2C=C1. The Balaban J connectivity index is 1.73. The quantitative estimate of drug-likeness (QED) is 0.822. The first-order valence-corrected chi connectivity index (χ1v) is 7.87. The topological polar surface area (TPSA) is 24.4 Å². The van der Waals surface area contributed by atoms with Gasteiger partial charge in [0.25, 0.3) is 0 Å². The van der Waals surface area contributed by atoms with Gasteiger partial charge in [0.15, 0.2) is 5.17 Å². The highest BCUT2D eigenvalue weighted by Crippen LogP contribution is 2.37. The number of amidine groups is 1. The van der Waals surface area contributed by atoms with Crippen LogP contribution in [-0.2, 0) is 0 Å². The number of thioether (sulfide) groups is 1. The average Bonchev–Trinajstić information content (AvgIpc) is 2.80. The van der Waals surface area contributed by atoms with Gasteiger partial charge in [0.05, 0.1) is 11.3 Å². The molecule has 2 aliphatic rings. The van der Waals surface area contributed by atoms with E-state index in [0.29, 0.717) is 5.25 Å². The molecule has 0 amide bonds. The fraction of sp³-hybridized carbons (Fsp3) is 0.353. The predicted octanol–water partition coefficient (Wildman–Crippen LogP) is 4.48. The van der Waals surface area contributed by atoms with Gasteiger partial charge in [-0.25, -0.2) is 0 Å². The van der Waals surface area contributed by atoms with Crippen LogP contribution in [0.25, 0.3) is 0 Å². The number of allylic oxidation sites excluding steroid dienone is 2. The Labute approximate surface area is 125 Å². The lowest BCUT2D eigenvalue weighted by atomic mass is 9.83. The average molecular weight is 284 g/mol. The van der Waals surface area contributed by atoms with Crippen LogP contribution in [0.4, 0.5) is 5.69 Å². The molecule has 2 atom stereocenters. The number of nitrogens with one attached hydrogen (secondary N) is 1.